The number of aromatic nitrogens is 4. The number of amides is 1. The second-order valence-corrected chi connectivity index (χ2v) is 5.64. The van der Waals surface area contributed by atoms with E-state index < -0.39 is 6.10 Å². The summed E-state index contributed by atoms with van der Waals surface area (Å²) in [6, 6.07) is 9.78. The first-order chi connectivity index (χ1) is 11.7. The molecule has 1 fully saturated rings. The topological polar surface area (TPSA) is 76.4 Å². The number of carbonyl (C=O) groups is 1. The van der Waals surface area contributed by atoms with E-state index in [4.69, 9.17) is 4.74 Å². The summed E-state index contributed by atoms with van der Waals surface area (Å²) >= 11 is 0. The smallest absolute Gasteiger partial charge is 0.251 e. The van der Waals surface area contributed by atoms with Gasteiger partial charge in [0.2, 0.25) is 5.95 Å². The summed E-state index contributed by atoms with van der Waals surface area (Å²) in [6.45, 7) is 6.89. The van der Waals surface area contributed by atoms with Crippen molar-refractivity contribution in [3.8, 4) is 5.69 Å². The van der Waals surface area contributed by atoms with Gasteiger partial charge in [-0.3, -0.25) is 4.79 Å². The third-order valence-corrected chi connectivity index (χ3v) is 4.09. The lowest BCUT2D eigenvalue weighted by Crippen LogP contribution is -2.52. The first kappa shape index (κ1) is 16.4. The van der Waals surface area contributed by atoms with Gasteiger partial charge in [0.05, 0.1) is 5.69 Å². The van der Waals surface area contributed by atoms with Crippen LogP contribution in [0.2, 0.25) is 0 Å². The Morgan fingerprint density at radius 1 is 1.21 bits per heavy atom. The number of piperazine rings is 1. The van der Waals surface area contributed by atoms with E-state index in [1.807, 2.05) is 42.2 Å². The van der Waals surface area contributed by atoms with E-state index in [2.05, 4.69) is 20.4 Å². The Balaban J connectivity index is 1.66. The molecule has 0 spiro atoms. The van der Waals surface area contributed by atoms with Gasteiger partial charge in [-0.15, -0.1) is 0 Å². The first-order valence-electron chi connectivity index (χ1n) is 8.20. The van der Waals surface area contributed by atoms with Crippen molar-refractivity contribution in [2.45, 2.75) is 20.0 Å². The molecular formula is C16H22N6O2. The van der Waals surface area contributed by atoms with Crippen LogP contribution >= 0.6 is 0 Å². The average molecular weight is 330 g/mol. The van der Waals surface area contributed by atoms with Gasteiger partial charge in [-0.05, 0) is 36.4 Å². The van der Waals surface area contributed by atoms with Crippen LogP contribution in [-0.2, 0) is 9.53 Å². The average Bonchev–Trinajstić information content (AvgIpc) is 3.12. The number of benzene rings is 1. The molecule has 0 saturated carbocycles. The van der Waals surface area contributed by atoms with E-state index in [1.54, 1.807) is 11.6 Å². The second kappa shape index (κ2) is 7.39. The predicted molar refractivity (Wildman–Crippen MR) is 89.0 cm³/mol. The van der Waals surface area contributed by atoms with Gasteiger partial charge in [0, 0.05) is 32.8 Å². The normalized spacial score (nSPS) is 16.2. The van der Waals surface area contributed by atoms with Gasteiger partial charge < -0.3 is 14.5 Å². The van der Waals surface area contributed by atoms with Crippen molar-refractivity contribution in [2.24, 2.45) is 0 Å². The lowest BCUT2D eigenvalue weighted by atomic mass is 10.2. The van der Waals surface area contributed by atoms with Crippen LogP contribution in [0, 0.1) is 0 Å². The Morgan fingerprint density at radius 2 is 1.92 bits per heavy atom. The first-order valence-corrected chi connectivity index (χ1v) is 8.20. The Hall–Kier alpha value is -2.48. The summed E-state index contributed by atoms with van der Waals surface area (Å²) in [5, 5.41) is 12.0. The van der Waals surface area contributed by atoms with Crippen LogP contribution in [-0.4, -0.2) is 69.9 Å². The molecule has 0 aliphatic carbocycles. The number of hydrogen-bond acceptors (Lipinski definition) is 6. The summed E-state index contributed by atoms with van der Waals surface area (Å²) in [4.78, 5) is 16.2. The summed E-state index contributed by atoms with van der Waals surface area (Å²) in [7, 11) is 0. The largest absolute Gasteiger partial charge is 0.369 e. The molecule has 0 unspecified atom stereocenters. The van der Waals surface area contributed by atoms with E-state index >= 15 is 0 Å². The molecule has 0 radical (unpaired) electrons. The van der Waals surface area contributed by atoms with Crippen molar-refractivity contribution in [3.05, 3.63) is 30.3 Å². The van der Waals surface area contributed by atoms with Crippen molar-refractivity contribution in [2.75, 3.05) is 37.7 Å². The van der Waals surface area contributed by atoms with Crippen LogP contribution in [0.15, 0.2) is 30.3 Å². The standard InChI is InChI=1S/C16H22N6O2/c1-3-24-13(2)15(23)20-9-11-21(12-10-20)16-17-18-19-22(16)14-7-5-4-6-8-14/h4-8,13H,3,9-12H2,1-2H3/t13-/m1/s1. The minimum absolute atomic E-state index is 0.0409. The Morgan fingerprint density at radius 3 is 2.58 bits per heavy atom. The molecule has 0 N–H and O–H groups in total. The number of anilines is 1. The Kier molecular flexibility index (Phi) is 5.05. The molecule has 24 heavy (non-hydrogen) atoms. The highest BCUT2D eigenvalue weighted by atomic mass is 16.5. The number of nitrogens with zero attached hydrogens (tertiary/aromatic N) is 6. The minimum atomic E-state index is -0.392. The molecule has 1 aliphatic rings. The van der Waals surface area contributed by atoms with E-state index in [9.17, 15) is 4.79 Å². The monoisotopic (exact) mass is 330 g/mol. The summed E-state index contributed by atoms with van der Waals surface area (Å²) < 4.78 is 7.11. The van der Waals surface area contributed by atoms with E-state index in [0.29, 0.717) is 38.7 Å². The minimum Gasteiger partial charge on any atom is -0.369 e. The third-order valence-electron chi connectivity index (χ3n) is 4.09. The SMILES string of the molecule is CCO[C@H](C)C(=O)N1CCN(c2nnnn2-c2ccccc2)CC1. The lowest BCUT2D eigenvalue weighted by Gasteiger charge is -2.35. The quantitative estimate of drug-likeness (QED) is 0.805. The van der Waals surface area contributed by atoms with Crippen LogP contribution in [0.1, 0.15) is 13.8 Å². The number of rotatable bonds is 5. The molecule has 1 amide bonds. The van der Waals surface area contributed by atoms with Crippen LogP contribution in [0.5, 0.6) is 0 Å². The zero-order valence-corrected chi connectivity index (χ0v) is 14.0. The van der Waals surface area contributed by atoms with E-state index in [0.717, 1.165) is 5.69 Å². The molecule has 128 valence electrons. The van der Waals surface area contributed by atoms with E-state index in [1.165, 1.54) is 0 Å². The highest BCUT2D eigenvalue weighted by Gasteiger charge is 2.27. The van der Waals surface area contributed by atoms with Crippen molar-refractivity contribution in [1.29, 1.82) is 0 Å². The molecule has 8 nitrogen and oxygen atoms in total. The van der Waals surface area contributed by atoms with Crippen LogP contribution in [0.4, 0.5) is 5.95 Å². The summed E-state index contributed by atoms with van der Waals surface area (Å²) in [5.41, 5.74) is 0.918. The van der Waals surface area contributed by atoms with Crippen LogP contribution in [0.3, 0.4) is 0 Å². The van der Waals surface area contributed by atoms with Gasteiger partial charge in [-0.1, -0.05) is 23.3 Å². The van der Waals surface area contributed by atoms with Gasteiger partial charge in [-0.2, -0.15) is 4.68 Å². The molecule has 1 atom stereocenters. The lowest BCUT2D eigenvalue weighted by molar-refractivity contribution is -0.142. The zero-order valence-electron chi connectivity index (χ0n) is 14.0. The van der Waals surface area contributed by atoms with Gasteiger partial charge >= 0.3 is 0 Å². The molecule has 3 rings (SSSR count). The van der Waals surface area contributed by atoms with Crippen LogP contribution in [0.25, 0.3) is 5.69 Å². The number of ether oxygens (including phenoxy) is 1. The highest BCUT2D eigenvalue weighted by molar-refractivity contribution is 5.80. The zero-order chi connectivity index (χ0) is 16.9. The van der Waals surface area contributed by atoms with Crippen molar-refractivity contribution >= 4 is 11.9 Å². The fourth-order valence-corrected chi connectivity index (χ4v) is 2.82. The fourth-order valence-electron chi connectivity index (χ4n) is 2.82. The molecule has 1 aromatic carbocycles. The Bertz CT molecular complexity index is 666. The molecule has 1 aromatic heterocycles. The fraction of sp³-hybridized carbons (Fsp3) is 0.500. The van der Waals surface area contributed by atoms with Gasteiger partial charge in [-0.25, -0.2) is 0 Å². The maximum absolute atomic E-state index is 12.3. The molecule has 0 bridgehead atoms. The third kappa shape index (κ3) is 3.38. The second-order valence-electron chi connectivity index (χ2n) is 5.64. The molecule has 8 heteroatoms. The van der Waals surface area contributed by atoms with Crippen molar-refractivity contribution in [1.82, 2.24) is 25.1 Å². The maximum atomic E-state index is 12.3. The highest BCUT2D eigenvalue weighted by Crippen LogP contribution is 2.17. The Labute approximate surface area is 141 Å². The van der Waals surface area contributed by atoms with Crippen molar-refractivity contribution in [3.63, 3.8) is 0 Å². The number of para-hydroxylation sites is 1. The molecule has 2 aromatic rings. The number of carbonyl (C=O) groups excluding carboxylic acids is 1. The predicted octanol–water partition coefficient (Wildman–Crippen LogP) is 0.736. The van der Waals surface area contributed by atoms with E-state index in [-0.39, 0.29) is 5.91 Å². The molecular weight excluding hydrogens is 308 g/mol. The summed E-state index contributed by atoms with van der Waals surface area (Å²) in [6.07, 6.45) is -0.392. The number of tetrazole rings is 1. The van der Waals surface area contributed by atoms with Gasteiger partial charge in [0.25, 0.3) is 5.91 Å². The van der Waals surface area contributed by atoms with Crippen molar-refractivity contribution < 1.29 is 9.53 Å². The number of hydrogen-bond donors (Lipinski definition) is 0. The van der Waals surface area contributed by atoms with Gasteiger partial charge in [0.15, 0.2) is 0 Å². The van der Waals surface area contributed by atoms with Crippen LogP contribution < -0.4 is 4.90 Å². The molecule has 1 saturated heterocycles. The molecule has 1 aliphatic heterocycles. The summed E-state index contributed by atoms with van der Waals surface area (Å²) in [5.74, 6) is 0.741. The van der Waals surface area contributed by atoms with Gasteiger partial charge in [0.1, 0.15) is 6.10 Å². The maximum Gasteiger partial charge on any atom is 0.251 e. The molecule has 2 heterocycles.